The third-order valence-corrected chi connectivity index (χ3v) is 6.94. The molecule has 0 saturated carbocycles. The van der Waals surface area contributed by atoms with Crippen molar-refractivity contribution >= 4 is 34.1 Å². The summed E-state index contributed by atoms with van der Waals surface area (Å²) >= 11 is 2.57. The molecule has 2 aromatic heterocycles. The SMILES string of the molecule is CCc1ccc(-c2csc(NC(=O)[C@H](C)Sc3nnc([C@@H]4COc5ccccc5O4)o3)n2)cc1. The minimum Gasteiger partial charge on any atom is -0.485 e. The number of hydrogen-bond acceptors (Lipinski definition) is 9. The van der Waals surface area contributed by atoms with Crippen molar-refractivity contribution in [1.29, 1.82) is 0 Å². The van der Waals surface area contributed by atoms with Gasteiger partial charge in [-0.05, 0) is 31.0 Å². The third-order valence-electron chi connectivity index (χ3n) is 5.25. The van der Waals surface area contributed by atoms with Gasteiger partial charge >= 0.3 is 0 Å². The molecular formula is C24H22N4O4S2. The van der Waals surface area contributed by atoms with Crippen molar-refractivity contribution in [3.8, 4) is 22.8 Å². The first-order valence-corrected chi connectivity index (χ1v) is 12.6. The van der Waals surface area contributed by atoms with Crippen LogP contribution in [0.2, 0.25) is 0 Å². The number of anilines is 1. The number of amides is 1. The molecule has 2 aromatic carbocycles. The minimum atomic E-state index is -0.499. The number of aromatic nitrogens is 3. The molecule has 0 spiro atoms. The lowest BCUT2D eigenvalue weighted by atomic mass is 10.1. The first-order chi connectivity index (χ1) is 16.6. The summed E-state index contributed by atoms with van der Waals surface area (Å²) in [6.45, 7) is 4.17. The minimum absolute atomic E-state index is 0.196. The smallest absolute Gasteiger partial charge is 0.277 e. The maximum Gasteiger partial charge on any atom is 0.277 e. The largest absolute Gasteiger partial charge is 0.485 e. The van der Waals surface area contributed by atoms with E-state index in [1.54, 1.807) is 6.92 Å². The maximum atomic E-state index is 12.7. The van der Waals surface area contributed by atoms with Crippen molar-refractivity contribution in [2.75, 3.05) is 11.9 Å². The highest BCUT2D eigenvalue weighted by Crippen LogP contribution is 2.36. The van der Waals surface area contributed by atoms with Crippen LogP contribution in [0, 0.1) is 0 Å². The molecule has 1 amide bonds. The maximum absolute atomic E-state index is 12.7. The van der Waals surface area contributed by atoms with Crippen molar-refractivity contribution in [3.05, 3.63) is 65.4 Å². The van der Waals surface area contributed by atoms with Crippen LogP contribution in [0.3, 0.4) is 0 Å². The van der Waals surface area contributed by atoms with Crippen LogP contribution in [0.15, 0.2) is 63.6 Å². The fourth-order valence-electron chi connectivity index (χ4n) is 3.33. The summed E-state index contributed by atoms with van der Waals surface area (Å²) in [4.78, 5) is 17.2. The second-order valence-electron chi connectivity index (χ2n) is 7.61. The van der Waals surface area contributed by atoms with Crippen molar-refractivity contribution < 1.29 is 18.7 Å². The van der Waals surface area contributed by atoms with E-state index in [1.807, 2.05) is 41.8 Å². The fraction of sp³-hybridized carbons (Fsp3) is 0.250. The summed E-state index contributed by atoms with van der Waals surface area (Å²) in [5.74, 6) is 1.42. The van der Waals surface area contributed by atoms with E-state index >= 15 is 0 Å². The van der Waals surface area contributed by atoms with Gasteiger partial charge in [0.2, 0.25) is 12.0 Å². The number of rotatable bonds is 7. The van der Waals surface area contributed by atoms with Crippen LogP contribution in [0.5, 0.6) is 11.5 Å². The van der Waals surface area contributed by atoms with E-state index in [0.29, 0.717) is 22.5 Å². The van der Waals surface area contributed by atoms with Crippen LogP contribution in [0.1, 0.15) is 31.4 Å². The summed E-state index contributed by atoms with van der Waals surface area (Å²) in [5, 5.41) is 13.3. The molecule has 1 N–H and O–H groups in total. The van der Waals surface area contributed by atoms with Gasteiger partial charge in [-0.2, -0.15) is 0 Å². The first kappa shape index (κ1) is 22.4. The molecule has 0 bridgehead atoms. The quantitative estimate of drug-likeness (QED) is 0.342. The predicted octanol–water partition coefficient (Wildman–Crippen LogP) is 5.39. The molecule has 10 heteroatoms. The highest BCUT2D eigenvalue weighted by molar-refractivity contribution is 8.00. The number of nitrogens with one attached hydrogen (secondary N) is 1. The lowest BCUT2D eigenvalue weighted by molar-refractivity contribution is -0.115. The van der Waals surface area contributed by atoms with E-state index in [9.17, 15) is 4.79 Å². The molecular weight excluding hydrogens is 472 g/mol. The predicted molar refractivity (Wildman–Crippen MR) is 130 cm³/mol. The Hall–Kier alpha value is -3.37. The van der Waals surface area contributed by atoms with Crippen LogP contribution < -0.4 is 14.8 Å². The van der Waals surface area contributed by atoms with Crippen LogP contribution in [0.4, 0.5) is 5.13 Å². The Bertz CT molecular complexity index is 1290. The molecule has 1 aliphatic heterocycles. The topological polar surface area (TPSA) is 99.4 Å². The summed E-state index contributed by atoms with van der Waals surface area (Å²) in [5.41, 5.74) is 3.13. The monoisotopic (exact) mass is 494 g/mol. The second-order valence-corrected chi connectivity index (χ2v) is 9.76. The van der Waals surface area contributed by atoms with Crippen LogP contribution in [0.25, 0.3) is 11.3 Å². The lowest BCUT2D eigenvalue weighted by Crippen LogP contribution is -2.22. The number of carbonyl (C=O) groups excluding carboxylic acids is 1. The van der Waals surface area contributed by atoms with Gasteiger partial charge in [-0.15, -0.1) is 21.5 Å². The average Bonchev–Trinajstić information content (AvgIpc) is 3.53. The van der Waals surface area contributed by atoms with Gasteiger partial charge in [0.05, 0.1) is 10.9 Å². The van der Waals surface area contributed by atoms with Crippen molar-refractivity contribution in [3.63, 3.8) is 0 Å². The summed E-state index contributed by atoms with van der Waals surface area (Å²) in [7, 11) is 0. The van der Waals surface area contributed by atoms with E-state index < -0.39 is 11.4 Å². The molecule has 8 nitrogen and oxygen atoms in total. The Kier molecular flexibility index (Phi) is 6.50. The average molecular weight is 495 g/mol. The molecule has 1 aliphatic rings. The van der Waals surface area contributed by atoms with E-state index in [1.165, 1.54) is 28.7 Å². The molecule has 0 radical (unpaired) electrons. The van der Waals surface area contributed by atoms with Gasteiger partial charge in [-0.25, -0.2) is 4.98 Å². The molecule has 5 rings (SSSR count). The molecule has 3 heterocycles. The number of thiazole rings is 1. The highest BCUT2D eigenvalue weighted by atomic mass is 32.2. The van der Waals surface area contributed by atoms with Crippen molar-refractivity contribution in [2.24, 2.45) is 0 Å². The molecule has 0 aliphatic carbocycles. The zero-order chi connectivity index (χ0) is 23.5. The number of carbonyl (C=O) groups is 1. The number of aryl methyl sites for hydroxylation is 1. The Morgan fingerprint density at radius 3 is 2.76 bits per heavy atom. The summed E-state index contributed by atoms with van der Waals surface area (Å²) < 4.78 is 17.3. The van der Waals surface area contributed by atoms with Gasteiger partial charge in [0.15, 0.2) is 16.6 Å². The van der Waals surface area contributed by atoms with Gasteiger partial charge in [-0.3, -0.25) is 4.79 Å². The molecule has 0 fully saturated rings. The zero-order valence-corrected chi connectivity index (χ0v) is 20.2. The molecule has 4 aromatic rings. The van der Waals surface area contributed by atoms with E-state index in [0.717, 1.165) is 17.7 Å². The number of benzene rings is 2. The molecule has 174 valence electrons. The molecule has 2 atom stereocenters. The van der Waals surface area contributed by atoms with Crippen LogP contribution >= 0.6 is 23.1 Å². The number of thioether (sulfide) groups is 1. The van der Waals surface area contributed by atoms with Crippen molar-refractivity contribution in [2.45, 2.75) is 36.8 Å². The summed E-state index contributed by atoms with van der Waals surface area (Å²) in [6, 6.07) is 15.7. The Balaban J connectivity index is 1.18. The second kappa shape index (κ2) is 9.86. The number of para-hydroxylation sites is 2. The van der Waals surface area contributed by atoms with E-state index in [2.05, 4.69) is 39.6 Å². The number of hydrogen-bond donors (Lipinski definition) is 1. The summed E-state index contributed by atoms with van der Waals surface area (Å²) in [6.07, 6.45) is 0.492. The van der Waals surface area contributed by atoms with E-state index in [4.69, 9.17) is 13.9 Å². The Morgan fingerprint density at radius 2 is 1.97 bits per heavy atom. The molecule has 0 unspecified atom stereocenters. The fourth-order valence-corrected chi connectivity index (χ4v) is 4.74. The number of fused-ring (bicyclic) bond motifs is 1. The molecule has 0 saturated heterocycles. The number of nitrogens with zero attached hydrogens (tertiary/aromatic N) is 3. The molecule has 34 heavy (non-hydrogen) atoms. The highest BCUT2D eigenvalue weighted by Gasteiger charge is 2.28. The Morgan fingerprint density at radius 1 is 1.18 bits per heavy atom. The standard InChI is InChI=1S/C24H22N4O4S2/c1-3-15-8-10-16(11-9-15)17-13-33-23(25-17)26-21(29)14(2)34-24-28-27-22(32-24)20-12-30-18-6-4-5-7-19(18)31-20/h4-11,13-14,20H,3,12H2,1-2H3,(H,25,26,29)/t14-,20-/m0/s1. The van der Waals surface area contributed by atoms with Gasteiger partial charge in [0.25, 0.3) is 11.1 Å². The van der Waals surface area contributed by atoms with Gasteiger partial charge in [0, 0.05) is 10.9 Å². The van der Waals surface area contributed by atoms with Gasteiger partial charge in [0.1, 0.15) is 6.61 Å². The van der Waals surface area contributed by atoms with E-state index in [-0.39, 0.29) is 17.7 Å². The van der Waals surface area contributed by atoms with Crippen molar-refractivity contribution in [1.82, 2.24) is 15.2 Å². The zero-order valence-electron chi connectivity index (χ0n) is 18.6. The number of ether oxygens (including phenoxy) is 2. The van der Waals surface area contributed by atoms with Gasteiger partial charge in [-0.1, -0.05) is 55.1 Å². The Labute approximate surface area is 204 Å². The normalized spacial score (nSPS) is 15.6. The lowest BCUT2D eigenvalue weighted by Gasteiger charge is -2.23. The first-order valence-electron chi connectivity index (χ1n) is 10.8. The van der Waals surface area contributed by atoms with Crippen LogP contribution in [-0.4, -0.2) is 32.9 Å². The third kappa shape index (κ3) is 4.92. The van der Waals surface area contributed by atoms with Gasteiger partial charge < -0.3 is 19.2 Å². The van der Waals surface area contributed by atoms with Crippen LogP contribution in [-0.2, 0) is 11.2 Å².